The molecule has 1 saturated heterocycles. The van der Waals surface area contributed by atoms with Crippen LogP contribution in [0.3, 0.4) is 0 Å². The second-order valence-electron chi connectivity index (χ2n) is 7.51. The van der Waals surface area contributed by atoms with Gasteiger partial charge in [-0.3, -0.25) is 19.4 Å². The molecule has 2 N–H and O–H groups in total. The molecular formula is C24H25N5O4. The number of benzene rings is 1. The van der Waals surface area contributed by atoms with Gasteiger partial charge in [-0.05, 0) is 24.1 Å². The zero-order valence-corrected chi connectivity index (χ0v) is 18.2. The van der Waals surface area contributed by atoms with Crippen molar-refractivity contribution in [2.45, 2.75) is 25.3 Å². The standard InChI is InChI=1S/C23H23N5O2.CH2O2/c1-16(29)27-21-15-28(11-9-20(21)17-6-3-2-4-7-17)23(30)19-13-25-22(26-14-19)18-8-5-10-24-12-18;2-1-3/h2-8,10,12-14,20-21H,9,11,15H2,1H3,(H,27,29);1H,(H,2,3)/t20-,21-;/m0./s1. The quantitative estimate of drug-likeness (QED) is 0.588. The molecule has 0 spiro atoms. The maximum absolute atomic E-state index is 13.0. The zero-order chi connectivity index (χ0) is 23.6. The molecule has 9 nitrogen and oxygen atoms in total. The third kappa shape index (κ3) is 6.19. The molecule has 0 aliphatic carbocycles. The van der Waals surface area contributed by atoms with Crippen LogP contribution in [0.4, 0.5) is 0 Å². The minimum atomic E-state index is -0.250. The van der Waals surface area contributed by atoms with Crippen molar-refractivity contribution in [3.63, 3.8) is 0 Å². The first-order valence-electron chi connectivity index (χ1n) is 10.4. The lowest BCUT2D eigenvalue weighted by Crippen LogP contribution is -2.52. The molecule has 2 aromatic heterocycles. The highest BCUT2D eigenvalue weighted by atomic mass is 16.3. The van der Waals surface area contributed by atoms with E-state index in [4.69, 9.17) is 9.90 Å². The number of pyridine rings is 1. The smallest absolute Gasteiger partial charge is 0.290 e. The van der Waals surface area contributed by atoms with Crippen LogP contribution in [0.5, 0.6) is 0 Å². The minimum absolute atomic E-state index is 0.0978. The van der Waals surface area contributed by atoms with E-state index in [1.807, 2.05) is 30.3 Å². The van der Waals surface area contributed by atoms with E-state index in [1.54, 1.807) is 29.7 Å². The summed E-state index contributed by atoms with van der Waals surface area (Å²) < 4.78 is 0. The predicted molar refractivity (Wildman–Crippen MR) is 121 cm³/mol. The first kappa shape index (κ1) is 23.5. The van der Waals surface area contributed by atoms with Gasteiger partial charge in [0.15, 0.2) is 5.82 Å². The summed E-state index contributed by atoms with van der Waals surface area (Å²) in [4.78, 5) is 47.7. The second-order valence-corrected chi connectivity index (χ2v) is 7.51. The molecular weight excluding hydrogens is 422 g/mol. The number of hydrogen-bond donors (Lipinski definition) is 2. The number of likely N-dealkylation sites (tertiary alicyclic amines) is 1. The SMILES string of the molecule is CC(=O)N[C@H]1CN(C(=O)c2cnc(-c3cccnc3)nc2)CC[C@H]1c1ccccc1.O=CO. The largest absolute Gasteiger partial charge is 0.483 e. The van der Waals surface area contributed by atoms with Crippen molar-refractivity contribution < 1.29 is 19.5 Å². The summed E-state index contributed by atoms with van der Waals surface area (Å²) in [5, 5.41) is 9.92. The van der Waals surface area contributed by atoms with Crippen molar-refractivity contribution in [3.05, 3.63) is 78.4 Å². The summed E-state index contributed by atoms with van der Waals surface area (Å²) in [7, 11) is 0. The van der Waals surface area contributed by atoms with E-state index in [-0.39, 0.29) is 30.2 Å². The molecule has 33 heavy (non-hydrogen) atoms. The van der Waals surface area contributed by atoms with Crippen LogP contribution < -0.4 is 5.32 Å². The lowest BCUT2D eigenvalue weighted by molar-refractivity contribution is -0.123. The van der Waals surface area contributed by atoms with E-state index < -0.39 is 0 Å². The van der Waals surface area contributed by atoms with Crippen LogP contribution in [0.25, 0.3) is 11.4 Å². The van der Waals surface area contributed by atoms with Crippen molar-refractivity contribution in [1.29, 1.82) is 0 Å². The topological polar surface area (TPSA) is 125 Å². The number of carboxylic acid groups (broad SMARTS) is 1. The van der Waals surface area contributed by atoms with Gasteiger partial charge in [0.2, 0.25) is 5.91 Å². The van der Waals surface area contributed by atoms with Crippen molar-refractivity contribution in [3.8, 4) is 11.4 Å². The van der Waals surface area contributed by atoms with E-state index in [0.29, 0.717) is 24.5 Å². The molecule has 0 radical (unpaired) electrons. The maximum atomic E-state index is 13.0. The Bertz CT molecular complexity index is 1060. The molecule has 3 aromatic rings. The molecule has 0 unspecified atom stereocenters. The summed E-state index contributed by atoms with van der Waals surface area (Å²) in [6.07, 6.45) is 7.24. The fourth-order valence-corrected chi connectivity index (χ4v) is 3.91. The number of rotatable bonds is 4. The number of nitrogens with zero attached hydrogens (tertiary/aromatic N) is 4. The van der Waals surface area contributed by atoms with Crippen LogP contribution >= 0.6 is 0 Å². The van der Waals surface area contributed by atoms with Gasteiger partial charge in [0.05, 0.1) is 11.6 Å². The van der Waals surface area contributed by atoms with Gasteiger partial charge in [0, 0.05) is 56.3 Å². The second kappa shape index (κ2) is 11.5. The number of aromatic nitrogens is 3. The van der Waals surface area contributed by atoms with Gasteiger partial charge in [-0.25, -0.2) is 9.97 Å². The number of carbonyl (C=O) groups is 3. The number of nitrogens with one attached hydrogen (secondary N) is 1. The minimum Gasteiger partial charge on any atom is -0.483 e. The average Bonchev–Trinajstić information content (AvgIpc) is 2.85. The lowest BCUT2D eigenvalue weighted by Gasteiger charge is -2.39. The molecule has 4 rings (SSSR count). The third-order valence-corrected chi connectivity index (χ3v) is 5.33. The molecule has 0 bridgehead atoms. The monoisotopic (exact) mass is 447 g/mol. The van der Waals surface area contributed by atoms with Gasteiger partial charge in [0.25, 0.3) is 12.4 Å². The first-order valence-corrected chi connectivity index (χ1v) is 10.4. The third-order valence-electron chi connectivity index (χ3n) is 5.33. The molecule has 1 aliphatic rings. The molecule has 1 fully saturated rings. The van der Waals surface area contributed by atoms with Crippen LogP contribution in [0.2, 0.25) is 0 Å². The highest BCUT2D eigenvalue weighted by molar-refractivity contribution is 5.94. The van der Waals surface area contributed by atoms with Gasteiger partial charge in [-0.1, -0.05) is 30.3 Å². The highest BCUT2D eigenvalue weighted by Gasteiger charge is 2.33. The summed E-state index contributed by atoms with van der Waals surface area (Å²) in [5.74, 6) is 0.468. The predicted octanol–water partition coefficient (Wildman–Crippen LogP) is 2.37. The van der Waals surface area contributed by atoms with E-state index in [1.165, 1.54) is 12.5 Å². The molecule has 0 saturated carbocycles. The number of carbonyl (C=O) groups excluding carboxylic acids is 2. The number of amides is 2. The van der Waals surface area contributed by atoms with Crippen LogP contribution in [-0.4, -0.2) is 62.4 Å². The van der Waals surface area contributed by atoms with Gasteiger partial charge in [-0.2, -0.15) is 0 Å². The Hall–Kier alpha value is -4.14. The van der Waals surface area contributed by atoms with Gasteiger partial charge in [-0.15, -0.1) is 0 Å². The fraction of sp³-hybridized carbons (Fsp3) is 0.250. The van der Waals surface area contributed by atoms with Crippen molar-refractivity contribution in [2.75, 3.05) is 13.1 Å². The fourth-order valence-electron chi connectivity index (χ4n) is 3.91. The van der Waals surface area contributed by atoms with Crippen LogP contribution in [0.15, 0.2) is 67.3 Å². The molecule has 2 amide bonds. The van der Waals surface area contributed by atoms with E-state index in [2.05, 4.69) is 32.4 Å². The Labute approximate surface area is 191 Å². The maximum Gasteiger partial charge on any atom is 0.290 e. The first-order chi connectivity index (χ1) is 16.0. The zero-order valence-electron chi connectivity index (χ0n) is 18.2. The van der Waals surface area contributed by atoms with E-state index in [0.717, 1.165) is 12.0 Å². The molecule has 3 heterocycles. The van der Waals surface area contributed by atoms with Crippen LogP contribution in [-0.2, 0) is 9.59 Å². The Morgan fingerprint density at radius 1 is 1.09 bits per heavy atom. The van der Waals surface area contributed by atoms with E-state index in [9.17, 15) is 9.59 Å². The Morgan fingerprint density at radius 3 is 2.39 bits per heavy atom. The van der Waals surface area contributed by atoms with Gasteiger partial charge >= 0.3 is 0 Å². The molecule has 1 aliphatic heterocycles. The Morgan fingerprint density at radius 2 is 1.79 bits per heavy atom. The van der Waals surface area contributed by atoms with Gasteiger partial charge < -0.3 is 15.3 Å². The average molecular weight is 447 g/mol. The summed E-state index contributed by atoms with van der Waals surface area (Å²) in [5.41, 5.74) is 2.40. The van der Waals surface area contributed by atoms with Crippen molar-refractivity contribution in [1.82, 2.24) is 25.2 Å². The highest BCUT2D eigenvalue weighted by Crippen LogP contribution is 2.29. The Balaban J connectivity index is 0.000000968. The molecule has 9 heteroatoms. The van der Waals surface area contributed by atoms with E-state index >= 15 is 0 Å². The molecule has 2 atom stereocenters. The van der Waals surface area contributed by atoms with Crippen LogP contribution in [0, 0.1) is 0 Å². The van der Waals surface area contributed by atoms with Crippen molar-refractivity contribution in [2.24, 2.45) is 0 Å². The summed E-state index contributed by atoms with van der Waals surface area (Å²) in [6, 6.07) is 13.7. The Kier molecular flexibility index (Phi) is 8.18. The molecule has 1 aromatic carbocycles. The summed E-state index contributed by atoms with van der Waals surface area (Å²) >= 11 is 0. The van der Waals surface area contributed by atoms with Gasteiger partial charge in [0.1, 0.15) is 0 Å². The number of hydrogen-bond acceptors (Lipinski definition) is 6. The van der Waals surface area contributed by atoms with Crippen LogP contribution in [0.1, 0.15) is 35.2 Å². The number of piperidine rings is 1. The van der Waals surface area contributed by atoms with Crippen molar-refractivity contribution >= 4 is 18.3 Å². The summed E-state index contributed by atoms with van der Waals surface area (Å²) in [6.45, 7) is 2.31. The normalized spacial score (nSPS) is 17.3. The molecule has 170 valence electrons. The lowest BCUT2D eigenvalue weighted by atomic mass is 9.85.